The number of likely N-dealkylation sites (N-methyl/N-ethyl adjacent to an activating group) is 1. The Bertz CT molecular complexity index is 1360. The molecule has 1 unspecified atom stereocenters. The Morgan fingerprint density at radius 1 is 1.12 bits per heavy atom. The van der Waals surface area contributed by atoms with Crippen LogP contribution in [-0.2, 0) is 18.1 Å². The van der Waals surface area contributed by atoms with Crippen molar-refractivity contribution >= 4 is 17.3 Å². The van der Waals surface area contributed by atoms with Crippen LogP contribution in [0.2, 0.25) is 5.02 Å². The molecule has 2 aromatic heterocycles. The zero-order valence-corrected chi connectivity index (χ0v) is 24.5. The number of hydrogen-bond donors (Lipinski definition) is 1. The van der Waals surface area contributed by atoms with Crippen molar-refractivity contribution in [2.24, 2.45) is 0 Å². The van der Waals surface area contributed by atoms with Gasteiger partial charge < -0.3 is 15.0 Å². The first-order valence-electron chi connectivity index (χ1n) is 14.3. The smallest absolute Gasteiger partial charge is 0.418 e. The summed E-state index contributed by atoms with van der Waals surface area (Å²) in [6, 6.07) is 12.5. The van der Waals surface area contributed by atoms with Crippen molar-refractivity contribution in [1.82, 2.24) is 20.2 Å². The lowest BCUT2D eigenvalue weighted by molar-refractivity contribution is -0.137. The molecule has 1 saturated heterocycles. The van der Waals surface area contributed by atoms with E-state index in [9.17, 15) is 13.2 Å². The molecule has 0 aliphatic carbocycles. The predicted molar refractivity (Wildman–Crippen MR) is 157 cm³/mol. The molecule has 220 valence electrons. The van der Waals surface area contributed by atoms with Crippen LogP contribution in [0.25, 0.3) is 11.3 Å². The van der Waals surface area contributed by atoms with E-state index in [1.807, 2.05) is 37.1 Å². The van der Waals surface area contributed by atoms with Crippen molar-refractivity contribution in [3.8, 4) is 17.1 Å². The summed E-state index contributed by atoms with van der Waals surface area (Å²) in [4.78, 5) is 13.9. The molecule has 4 heterocycles. The number of anilines is 1. The van der Waals surface area contributed by atoms with Gasteiger partial charge in [-0.25, -0.2) is 4.98 Å². The van der Waals surface area contributed by atoms with Crippen LogP contribution in [0.15, 0.2) is 48.7 Å². The van der Waals surface area contributed by atoms with Crippen LogP contribution >= 0.6 is 11.6 Å². The molecule has 0 radical (unpaired) electrons. The molecule has 2 aliphatic rings. The van der Waals surface area contributed by atoms with Crippen molar-refractivity contribution in [1.29, 1.82) is 0 Å². The monoisotopic (exact) mass is 587 g/mol. The van der Waals surface area contributed by atoms with Gasteiger partial charge in [0.1, 0.15) is 0 Å². The second-order valence-corrected chi connectivity index (χ2v) is 11.4. The van der Waals surface area contributed by atoms with Gasteiger partial charge >= 0.3 is 6.18 Å². The fourth-order valence-corrected chi connectivity index (χ4v) is 6.52. The van der Waals surface area contributed by atoms with Crippen molar-refractivity contribution in [3.63, 3.8) is 0 Å². The average molecular weight is 588 g/mol. The van der Waals surface area contributed by atoms with E-state index < -0.39 is 11.7 Å². The number of aromatic nitrogens is 2. The Kier molecular flexibility index (Phi) is 8.78. The Balaban J connectivity index is 1.49. The van der Waals surface area contributed by atoms with Crippen molar-refractivity contribution in [3.05, 3.63) is 70.5 Å². The van der Waals surface area contributed by atoms with E-state index in [4.69, 9.17) is 21.3 Å². The third-order valence-electron chi connectivity index (χ3n) is 8.48. The first kappa shape index (κ1) is 29.6. The molecule has 0 saturated carbocycles. The number of pyridine rings is 2. The summed E-state index contributed by atoms with van der Waals surface area (Å²) >= 11 is 5.95. The molecular weight excluding hydrogens is 551 g/mol. The van der Waals surface area contributed by atoms with Crippen molar-refractivity contribution < 1.29 is 17.9 Å². The van der Waals surface area contributed by atoms with Crippen molar-refractivity contribution in [2.45, 2.75) is 57.3 Å². The summed E-state index contributed by atoms with van der Waals surface area (Å²) in [5.41, 5.74) is 3.18. The van der Waals surface area contributed by atoms with Gasteiger partial charge in [-0.2, -0.15) is 13.2 Å². The number of benzene rings is 1. The van der Waals surface area contributed by atoms with Gasteiger partial charge in [-0.15, -0.1) is 0 Å². The number of fused-ring (bicyclic) bond motifs is 2. The van der Waals surface area contributed by atoms with Gasteiger partial charge in [-0.3, -0.25) is 9.88 Å². The van der Waals surface area contributed by atoms with E-state index in [1.165, 1.54) is 17.7 Å². The molecule has 41 heavy (non-hydrogen) atoms. The first-order valence-corrected chi connectivity index (χ1v) is 14.6. The number of alkyl halides is 3. The highest BCUT2D eigenvalue weighted by Gasteiger charge is 2.44. The maximum absolute atomic E-state index is 13.9. The molecule has 10 heteroatoms. The maximum atomic E-state index is 13.9. The van der Waals surface area contributed by atoms with Gasteiger partial charge in [0.15, 0.2) is 0 Å². The van der Waals surface area contributed by atoms with E-state index in [1.54, 1.807) is 6.20 Å². The minimum Gasteiger partial charge on any atom is -0.477 e. The summed E-state index contributed by atoms with van der Waals surface area (Å²) in [5.74, 6) is 0.558. The van der Waals surface area contributed by atoms with Crippen LogP contribution in [0.5, 0.6) is 5.88 Å². The molecule has 0 amide bonds. The van der Waals surface area contributed by atoms with Gasteiger partial charge in [0.2, 0.25) is 5.88 Å². The van der Waals surface area contributed by atoms with E-state index >= 15 is 0 Å². The predicted octanol–water partition coefficient (Wildman–Crippen LogP) is 6.57. The molecule has 1 spiro atoms. The molecule has 0 bridgehead atoms. The van der Waals surface area contributed by atoms with Crippen molar-refractivity contribution in [2.75, 3.05) is 44.7 Å². The molecular formula is C31H37ClF3N5O. The fourth-order valence-electron chi connectivity index (χ4n) is 6.35. The SMILES string of the molecule is CCOc1ncccc1-c1ccc2c(n1)CN(CC(CC)NC)CC21CCN(c2ccc(Cl)cc2C(F)(F)F)CC1. The molecule has 3 aromatic rings. The molecule has 5 rings (SSSR count). The van der Waals surface area contributed by atoms with Crippen LogP contribution in [0, 0.1) is 0 Å². The average Bonchev–Trinajstić information content (AvgIpc) is 2.96. The van der Waals surface area contributed by atoms with Crippen LogP contribution < -0.4 is 15.0 Å². The second kappa shape index (κ2) is 12.2. The minimum absolute atomic E-state index is 0.0874. The number of piperidine rings is 1. The maximum Gasteiger partial charge on any atom is 0.418 e. The Hall–Kier alpha value is -2.88. The van der Waals surface area contributed by atoms with Crippen LogP contribution in [0.1, 0.15) is 49.9 Å². The zero-order valence-electron chi connectivity index (χ0n) is 23.8. The summed E-state index contributed by atoms with van der Waals surface area (Å²) in [6.45, 7) is 8.07. The quantitative estimate of drug-likeness (QED) is 0.322. The van der Waals surface area contributed by atoms with Gasteiger partial charge in [-0.05, 0) is 75.2 Å². The molecule has 1 N–H and O–H groups in total. The topological polar surface area (TPSA) is 53.5 Å². The number of hydrogen-bond acceptors (Lipinski definition) is 6. The van der Waals surface area contributed by atoms with E-state index in [0.717, 1.165) is 55.4 Å². The lowest BCUT2D eigenvalue weighted by atomic mass is 9.69. The van der Waals surface area contributed by atoms with Gasteiger partial charge in [0.25, 0.3) is 0 Å². The molecule has 6 nitrogen and oxygen atoms in total. The van der Waals surface area contributed by atoms with Gasteiger partial charge in [0, 0.05) is 61.1 Å². The Morgan fingerprint density at radius 3 is 2.59 bits per heavy atom. The molecule has 1 fully saturated rings. The Morgan fingerprint density at radius 2 is 1.90 bits per heavy atom. The Labute approximate surface area is 244 Å². The first-order chi connectivity index (χ1) is 19.7. The number of nitrogens with zero attached hydrogens (tertiary/aromatic N) is 4. The third-order valence-corrected chi connectivity index (χ3v) is 8.71. The summed E-state index contributed by atoms with van der Waals surface area (Å²) in [7, 11) is 1.98. The lowest BCUT2D eigenvalue weighted by Gasteiger charge is -2.49. The van der Waals surface area contributed by atoms with Crippen LogP contribution in [0.3, 0.4) is 0 Å². The van der Waals surface area contributed by atoms with Crippen LogP contribution in [-0.4, -0.2) is 60.7 Å². The van der Waals surface area contributed by atoms with E-state index in [2.05, 4.69) is 28.2 Å². The highest BCUT2D eigenvalue weighted by Crippen LogP contribution is 2.45. The third kappa shape index (κ3) is 6.17. The van der Waals surface area contributed by atoms with E-state index in [-0.39, 0.29) is 16.1 Å². The number of nitrogens with one attached hydrogen (secondary N) is 1. The zero-order chi connectivity index (χ0) is 29.2. The van der Waals surface area contributed by atoms with Gasteiger partial charge in [-0.1, -0.05) is 24.6 Å². The van der Waals surface area contributed by atoms with Crippen LogP contribution in [0.4, 0.5) is 18.9 Å². The largest absolute Gasteiger partial charge is 0.477 e. The summed E-state index contributed by atoms with van der Waals surface area (Å²) in [5, 5.41) is 3.50. The van der Waals surface area contributed by atoms with E-state index in [0.29, 0.717) is 38.2 Å². The second-order valence-electron chi connectivity index (χ2n) is 11.0. The number of halogens is 4. The standard InChI is InChI=1S/C31H37ClF3N5O/c1-4-22(36-3)18-39-19-27-24(9-10-26(38-27)23-7-6-14-37-29(23)41-5-2)30(20-39)12-15-40(16-13-30)28-11-8-21(32)17-25(28)31(33,34)35/h6-11,14,17,22,36H,4-5,12-13,15-16,18-20H2,1-3H3. The molecule has 1 aromatic carbocycles. The number of rotatable bonds is 8. The minimum atomic E-state index is -4.47. The number of ether oxygens (including phenoxy) is 1. The summed E-state index contributed by atoms with van der Waals surface area (Å²) < 4.78 is 47.5. The highest BCUT2D eigenvalue weighted by molar-refractivity contribution is 6.30. The molecule has 1 atom stereocenters. The lowest BCUT2D eigenvalue weighted by Crippen LogP contribution is -2.54. The molecule has 2 aliphatic heterocycles. The fraction of sp³-hybridized carbons (Fsp3) is 0.484. The van der Waals surface area contributed by atoms with Gasteiger partial charge in [0.05, 0.1) is 29.1 Å². The normalized spacial score (nSPS) is 17.9. The highest BCUT2D eigenvalue weighted by atomic mass is 35.5. The summed E-state index contributed by atoms with van der Waals surface area (Å²) in [6.07, 6.45) is -0.308.